The van der Waals surface area contributed by atoms with Gasteiger partial charge in [-0.2, -0.15) is 0 Å². The molecule has 7 nitrogen and oxygen atoms in total. The van der Waals surface area contributed by atoms with Gasteiger partial charge in [0.25, 0.3) is 0 Å². The summed E-state index contributed by atoms with van der Waals surface area (Å²) in [5, 5.41) is 1.75. The van der Waals surface area contributed by atoms with Crippen LogP contribution in [0.1, 0.15) is 16.7 Å². The Kier molecular flexibility index (Phi) is 10.6. The highest BCUT2D eigenvalue weighted by molar-refractivity contribution is 6.35. The molecule has 0 aliphatic carbocycles. The van der Waals surface area contributed by atoms with E-state index < -0.39 is 5.79 Å². The molecule has 3 aromatic carbocycles. The van der Waals surface area contributed by atoms with Crippen molar-refractivity contribution in [3.8, 4) is 5.75 Å². The minimum atomic E-state index is -1.09. The largest absolute Gasteiger partial charge is 0.491 e. The number of rotatable bonds is 13. The van der Waals surface area contributed by atoms with Crippen LogP contribution in [0.15, 0.2) is 91.5 Å². The minimum absolute atomic E-state index is 0.299. The maximum atomic E-state index is 6.57. The molecule has 0 amide bonds. The number of nitrogens with zero attached hydrogens (tertiary/aromatic N) is 3. The Morgan fingerprint density at radius 2 is 1.83 bits per heavy atom. The fourth-order valence-corrected chi connectivity index (χ4v) is 5.52. The van der Waals surface area contributed by atoms with E-state index in [2.05, 4.69) is 34.2 Å². The molecular formula is C32H33Cl3N4O3. The van der Waals surface area contributed by atoms with Gasteiger partial charge in [-0.1, -0.05) is 77.3 Å². The lowest BCUT2D eigenvalue weighted by molar-refractivity contribution is -0.189. The zero-order valence-electron chi connectivity index (χ0n) is 23.0. The number of hydrogen-bond donors (Lipinski definition) is 1. The number of nitrogens with two attached hydrogens (primary N) is 1. The van der Waals surface area contributed by atoms with Crippen molar-refractivity contribution in [2.45, 2.75) is 25.0 Å². The Morgan fingerprint density at radius 3 is 2.55 bits per heavy atom. The van der Waals surface area contributed by atoms with Crippen molar-refractivity contribution in [1.29, 1.82) is 0 Å². The first-order valence-corrected chi connectivity index (χ1v) is 14.9. The van der Waals surface area contributed by atoms with Gasteiger partial charge in [0.1, 0.15) is 18.5 Å². The molecule has 2 heterocycles. The van der Waals surface area contributed by atoms with Crippen LogP contribution < -0.4 is 10.5 Å². The van der Waals surface area contributed by atoms with Crippen LogP contribution in [-0.4, -0.2) is 53.4 Å². The van der Waals surface area contributed by atoms with E-state index in [1.54, 1.807) is 24.7 Å². The molecule has 2 atom stereocenters. The van der Waals surface area contributed by atoms with Crippen molar-refractivity contribution in [3.63, 3.8) is 0 Å². The molecule has 0 radical (unpaired) electrons. The molecule has 0 bridgehead atoms. The first kappa shape index (κ1) is 30.6. The number of benzene rings is 3. The number of halogens is 3. The zero-order valence-corrected chi connectivity index (χ0v) is 25.3. The van der Waals surface area contributed by atoms with Gasteiger partial charge < -0.3 is 24.5 Å². The van der Waals surface area contributed by atoms with Crippen LogP contribution in [0.5, 0.6) is 5.75 Å². The lowest BCUT2D eigenvalue weighted by Gasteiger charge is -2.30. The van der Waals surface area contributed by atoms with E-state index in [-0.39, 0.29) is 6.10 Å². The Hall–Kier alpha value is -2.88. The Morgan fingerprint density at radius 1 is 1.05 bits per heavy atom. The Bertz CT molecular complexity index is 1450. The summed E-state index contributed by atoms with van der Waals surface area (Å²) in [6.07, 6.45) is 9.22. The molecule has 0 saturated carbocycles. The van der Waals surface area contributed by atoms with Crippen molar-refractivity contribution in [1.82, 2.24) is 14.5 Å². The predicted molar refractivity (Wildman–Crippen MR) is 168 cm³/mol. The Balaban J connectivity index is 1.17. The van der Waals surface area contributed by atoms with Crippen LogP contribution in [-0.2, 0) is 28.4 Å². The summed E-state index contributed by atoms with van der Waals surface area (Å²) in [4.78, 5) is 6.44. The van der Waals surface area contributed by atoms with Gasteiger partial charge in [0.15, 0.2) is 0 Å². The highest BCUT2D eigenvalue weighted by atomic mass is 35.5. The van der Waals surface area contributed by atoms with Crippen molar-refractivity contribution in [3.05, 3.63) is 123 Å². The standard InChI is InChI=1S/C32H33Cl3N4O3/c33-26-7-3-24(4-8-26)2-1-15-38(16-13-36)19-25-5-10-28(11-6-25)40-20-29-21-41-32(42-29,22-39-17-14-37-23-39)30-12-9-27(34)18-31(30)35/h1-12,14,17-18,23,29H,13,15-16,19-22,36H2/t29-,32-/m1/s1. The van der Waals surface area contributed by atoms with Crippen LogP contribution in [0.2, 0.25) is 15.1 Å². The summed E-state index contributed by atoms with van der Waals surface area (Å²) in [6, 6.07) is 21.2. The lowest BCUT2D eigenvalue weighted by Crippen LogP contribution is -2.34. The number of hydrogen-bond acceptors (Lipinski definition) is 6. The maximum absolute atomic E-state index is 6.57. The van der Waals surface area contributed by atoms with E-state index in [4.69, 9.17) is 54.7 Å². The molecule has 1 aliphatic heterocycles. The second-order valence-corrected chi connectivity index (χ2v) is 11.4. The third kappa shape index (κ3) is 8.14. The van der Waals surface area contributed by atoms with Crippen molar-refractivity contribution in [2.24, 2.45) is 5.73 Å². The fourth-order valence-electron chi connectivity index (χ4n) is 4.84. The second kappa shape index (κ2) is 14.5. The molecule has 2 N–H and O–H groups in total. The monoisotopic (exact) mass is 626 g/mol. The SMILES string of the molecule is NCCN(CC=Cc1ccc(Cl)cc1)Cc1ccc(OC[C@@H]2CO[C@@](Cn3ccnc3)(c3ccc(Cl)cc3Cl)O2)cc1. The summed E-state index contributed by atoms with van der Waals surface area (Å²) >= 11 is 18.7. The van der Waals surface area contributed by atoms with Gasteiger partial charge in [0.05, 0.1) is 24.5 Å². The van der Waals surface area contributed by atoms with Crippen LogP contribution in [0.25, 0.3) is 6.08 Å². The van der Waals surface area contributed by atoms with Crippen LogP contribution in [0, 0.1) is 0 Å². The van der Waals surface area contributed by atoms with E-state index in [9.17, 15) is 0 Å². The first-order chi connectivity index (χ1) is 20.4. The number of imidazole rings is 1. The average Bonchev–Trinajstić information content (AvgIpc) is 3.64. The molecule has 0 unspecified atom stereocenters. The molecule has 1 aliphatic rings. The number of aromatic nitrogens is 2. The molecule has 4 aromatic rings. The van der Waals surface area contributed by atoms with Gasteiger partial charge >= 0.3 is 0 Å². The third-order valence-corrected chi connectivity index (χ3v) is 7.71. The quantitative estimate of drug-likeness (QED) is 0.179. The second-order valence-electron chi connectivity index (χ2n) is 10.1. The molecule has 0 spiro atoms. The van der Waals surface area contributed by atoms with Gasteiger partial charge in [0, 0.05) is 54.2 Å². The third-order valence-electron chi connectivity index (χ3n) is 6.91. The maximum Gasteiger partial charge on any atom is 0.215 e. The average molecular weight is 628 g/mol. The lowest BCUT2D eigenvalue weighted by atomic mass is 10.1. The molecule has 5 rings (SSSR count). The van der Waals surface area contributed by atoms with Gasteiger partial charge in [0.2, 0.25) is 5.79 Å². The first-order valence-electron chi connectivity index (χ1n) is 13.7. The summed E-state index contributed by atoms with van der Waals surface area (Å²) in [6.45, 7) is 4.00. The van der Waals surface area contributed by atoms with Crippen molar-refractivity contribution >= 4 is 40.9 Å². The predicted octanol–water partition coefficient (Wildman–Crippen LogP) is 6.66. The van der Waals surface area contributed by atoms with Crippen molar-refractivity contribution in [2.75, 3.05) is 32.8 Å². The molecule has 42 heavy (non-hydrogen) atoms. The smallest absolute Gasteiger partial charge is 0.215 e. The number of ether oxygens (including phenoxy) is 3. The summed E-state index contributed by atoms with van der Waals surface area (Å²) in [5.74, 6) is -0.332. The molecule has 220 valence electrons. The zero-order chi connectivity index (χ0) is 29.4. The van der Waals surface area contributed by atoms with E-state index in [1.165, 1.54) is 5.56 Å². The van der Waals surface area contributed by atoms with Gasteiger partial charge in [-0.15, -0.1) is 0 Å². The van der Waals surface area contributed by atoms with Crippen LogP contribution in [0.4, 0.5) is 0 Å². The normalized spacial score (nSPS) is 18.7. The summed E-state index contributed by atoms with van der Waals surface area (Å²) in [7, 11) is 0. The molecule has 10 heteroatoms. The molecule has 1 fully saturated rings. The fraction of sp³-hybridized carbons (Fsp3) is 0.281. The van der Waals surface area contributed by atoms with E-state index in [1.807, 2.05) is 53.2 Å². The van der Waals surface area contributed by atoms with E-state index in [0.717, 1.165) is 36.0 Å². The van der Waals surface area contributed by atoms with Gasteiger partial charge in [-0.05, 0) is 47.5 Å². The molecule has 1 saturated heterocycles. The van der Waals surface area contributed by atoms with E-state index in [0.29, 0.717) is 41.9 Å². The van der Waals surface area contributed by atoms with Gasteiger partial charge in [-0.25, -0.2) is 4.98 Å². The summed E-state index contributed by atoms with van der Waals surface area (Å²) < 4.78 is 20.7. The van der Waals surface area contributed by atoms with Gasteiger partial charge in [-0.3, -0.25) is 4.90 Å². The highest BCUT2D eigenvalue weighted by Crippen LogP contribution is 2.40. The van der Waals surface area contributed by atoms with E-state index >= 15 is 0 Å². The highest BCUT2D eigenvalue weighted by Gasteiger charge is 2.45. The Labute approximate surface area is 261 Å². The van der Waals surface area contributed by atoms with Crippen LogP contribution in [0.3, 0.4) is 0 Å². The summed E-state index contributed by atoms with van der Waals surface area (Å²) in [5.41, 5.74) is 8.87. The molecular weight excluding hydrogens is 595 g/mol. The van der Waals surface area contributed by atoms with Crippen molar-refractivity contribution < 1.29 is 14.2 Å². The minimum Gasteiger partial charge on any atom is -0.491 e. The molecule has 1 aromatic heterocycles. The van der Waals surface area contributed by atoms with Crippen LogP contribution >= 0.6 is 34.8 Å². The topological polar surface area (TPSA) is 74.8 Å².